The zero-order chi connectivity index (χ0) is 21.6. The van der Waals surface area contributed by atoms with E-state index in [9.17, 15) is 13.2 Å². The quantitative estimate of drug-likeness (QED) is 0.737. The highest BCUT2D eigenvalue weighted by molar-refractivity contribution is 7.92. The molecule has 2 aromatic carbocycles. The molecule has 1 N–H and O–H groups in total. The summed E-state index contributed by atoms with van der Waals surface area (Å²) in [5, 5.41) is 4.29. The van der Waals surface area contributed by atoms with E-state index in [1.165, 1.54) is 9.71 Å². The Morgan fingerprint density at radius 1 is 1.03 bits per heavy atom. The van der Waals surface area contributed by atoms with E-state index in [4.69, 9.17) is 0 Å². The second kappa shape index (κ2) is 10.0. The third kappa shape index (κ3) is 5.78. The lowest BCUT2D eigenvalue weighted by Crippen LogP contribution is -2.49. The fourth-order valence-corrected chi connectivity index (χ4v) is 4.71. The lowest BCUT2D eigenvalue weighted by atomic mass is 10.1. The molecule has 6 nitrogen and oxygen atoms in total. The number of carbonyl (C=O) groups excluding carboxylic acids is 1. The van der Waals surface area contributed by atoms with Crippen molar-refractivity contribution < 1.29 is 13.2 Å². The average molecular weight is 428 g/mol. The molecule has 1 saturated heterocycles. The summed E-state index contributed by atoms with van der Waals surface area (Å²) in [5.41, 5.74) is 3.89. The summed E-state index contributed by atoms with van der Waals surface area (Å²) in [4.78, 5) is 14.5. The molecule has 1 amide bonds. The van der Waals surface area contributed by atoms with Gasteiger partial charge in [0.25, 0.3) is 0 Å². The molecule has 0 aromatic heterocycles. The van der Waals surface area contributed by atoms with E-state index < -0.39 is 10.0 Å². The van der Waals surface area contributed by atoms with E-state index in [2.05, 4.69) is 12.2 Å². The van der Waals surface area contributed by atoms with Gasteiger partial charge in [-0.2, -0.15) is 4.31 Å². The van der Waals surface area contributed by atoms with Crippen LogP contribution in [-0.2, 0) is 21.2 Å². The maximum absolute atomic E-state index is 12.6. The number of para-hydroxylation sites is 1. The first-order chi connectivity index (χ1) is 14.4. The van der Waals surface area contributed by atoms with Crippen molar-refractivity contribution in [2.45, 2.75) is 20.3 Å². The minimum absolute atomic E-state index is 0.0701. The van der Waals surface area contributed by atoms with Crippen LogP contribution >= 0.6 is 0 Å². The number of rotatable bonds is 7. The first kappa shape index (κ1) is 22.2. The lowest BCUT2D eigenvalue weighted by molar-refractivity contribution is -0.117. The van der Waals surface area contributed by atoms with Gasteiger partial charge in [0.2, 0.25) is 15.9 Å². The molecule has 7 heteroatoms. The predicted molar refractivity (Wildman–Crippen MR) is 122 cm³/mol. The van der Waals surface area contributed by atoms with Crippen LogP contribution in [0.1, 0.15) is 23.6 Å². The molecule has 160 valence electrons. The smallest absolute Gasteiger partial charge is 0.238 e. The minimum Gasteiger partial charge on any atom is -0.324 e. The van der Waals surface area contributed by atoms with Gasteiger partial charge in [-0.3, -0.25) is 9.69 Å². The Balaban J connectivity index is 1.53. The van der Waals surface area contributed by atoms with Gasteiger partial charge in [0.05, 0.1) is 6.54 Å². The molecule has 30 heavy (non-hydrogen) atoms. The number of amides is 1. The summed E-state index contributed by atoms with van der Waals surface area (Å²) in [7, 11) is -3.47. The molecule has 1 aliphatic heterocycles. The summed E-state index contributed by atoms with van der Waals surface area (Å²) in [6.45, 7) is 6.11. The van der Waals surface area contributed by atoms with Gasteiger partial charge in [-0.05, 0) is 36.1 Å². The molecule has 1 fully saturated rings. The number of piperazine rings is 1. The number of carbonyl (C=O) groups is 1. The van der Waals surface area contributed by atoms with Gasteiger partial charge in [-0.25, -0.2) is 8.42 Å². The normalized spacial score (nSPS) is 16.1. The number of aryl methyl sites for hydroxylation is 2. The third-order valence-corrected chi connectivity index (χ3v) is 6.86. The van der Waals surface area contributed by atoms with E-state index in [1.54, 1.807) is 6.08 Å². The number of nitrogens with one attached hydrogen (secondary N) is 1. The number of benzene rings is 2. The topological polar surface area (TPSA) is 69.7 Å². The van der Waals surface area contributed by atoms with Crippen LogP contribution < -0.4 is 5.32 Å². The van der Waals surface area contributed by atoms with E-state index >= 15 is 0 Å². The molecule has 0 saturated carbocycles. The van der Waals surface area contributed by atoms with E-state index in [0.29, 0.717) is 26.2 Å². The molecule has 0 radical (unpaired) electrons. The maximum Gasteiger partial charge on any atom is 0.238 e. The molecule has 3 rings (SSSR count). The van der Waals surface area contributed by atoms with Crippen molar-refractivity contribution in [3.05, 3.63) is 70.6 Å². The highest BCUT2D eigenvalue weighted by Crippen LogP contribution is 2.21. The molecule has 1 aliphatic rings. The van der Waals surface area contributed by atoms with Crippen molar-refractivity contribution in [3.63, 3.8) is 0 Å². The Kier molecular flexibility index (Phi) is 7.42. The Bertz CT molecular complexity index is 996. The second-order valence-electron chi connectivity index (χ2n) is 7.44. The molecule has 0 unspecified atom stereocenters. The third-order valence-electron chi connectivity index (χ3n) is 5.29. The minimum atomic E-state index is -3.47. The van der Waals surface area contributed by atoms with Crippen LogP contribution in [0.25, 0.3) is 6.08 Å². The van der Waals surface area contributed by atoms with Crippen molar-refractivity contribution in [2.24, 2.45) is 0 Å². The standard InChI is InChI=1S/C23H29N3O3S/c1-3-21-11-7-8-19(2)23(21)24-22(27)18-25-13-15-26(16-14-25)30(28,29)17-12-20-9-5-4-6-10-20/h4-12,17H,3,13-16,18H2,1-2H3,(H,24,27). The number of nitrogens with zero attached hydrogens (tertiary/aromatic N) is 2. The Morgan fingerprint density at radius 3 is 2.40 bits per heavy atom. The largest absolute Gasteiger partial charge is 0.324 e. The van der Waals surface area contributed by atoms with Gasteiger partial charge in [-0.1, -0.05) is 55.5 Å². The van der Waals surface area contributed by atoms with Gasteiger partial charge in [-0.15, -0.1) is 0 Å². The van der Waals surface area contributed by atoms with Crippen molar-refractivity contribution in [2.75, 3.05) is 38.0 Å². The van der Waals surface area contributed by atoms with Crippen LogP contribution in [0.3, 0.4) is 0 Å². The van der Waals surface area contributed by atoms with Crippen molar-refractivity contribution >= 4 is 27.7 Å². The molecule has 0 aliphatic carbocycles. The van der Waals surface area contributed by atoms with E-state index in [1.807, 2.05) is 60.4 Å². The number of hydrogen-bond acceptors (Lipinski definition) is 4. The monoisotopic (exact) mass is 427 g/mol. The number of hydrogen-bond donors (Lipinski definition) is 1. The summed E-state index contributed by atoms with van der Waals surface area (Å²) < 4.78 is 26.6. The van der Waals surface area contributed by atoms with Crippen LogP contribution in [0.5, 0.6) is 0 Å². The van der Waals surface area contributed by atoms with Crippen LogP contribution in [-0.4, -0.2) is 56.3 Å². The highest BCUT2D eigenvalue weighted by Gasteiger charge is 2.26. The average Bonchev–Trinajstić information content (AvgIpc) is 2.75. The summed E-state index contributed by atoms with van der Waals surface area (Å²) in [5.74, 6) is -0.0701. The second-order valence-corrected chi connectivity index (χ2v) is 9.26. The molecule has 2 aromatic rings. The highest BCUT2D eigenvalue weighted by atomic mass is 32.2. The first-order valence-electron chi connectivity index (χ1n) is 10.2. The zero-order valence-electron chi connectivity index (χ0n) is 17.5. The molecule has 0 bridgehead atoms. The van der Waals surface area contributed by atoms with Crippen LogP contribution in [0.4, 0.5) is 5.69 Å². The van der Waals surface area contributed by atoms with Crippen LogP contribution in [0, 0.1) is 6.92 Å². The van der Waals surface area contributed by atoms with Crippen molar-refractivity contribution in [1.29, 1.82) is 0 Å². The van der Waals surface area contributed by atoms with Gasteiger partial charge in [0.15, 0.2) is 0 Å². The summed E-state index contributed by atoms with van der Waals surface area (Å²) in [6.07, 6.45) is 2.47. The summed E-state index contributed by atoms with van der Waals surface area (Å²) >= 11 is 0. The van der Waals surface area contributed by atoms with Gasteiger partial charge in [0.1, 0.15) is 0 Å². The SMILES string of the molecule is CCc1cccc(C)c1NC(=O)CN1CCN(S(=O)(=O)C=Cc2ccccc2)CC1. The van der Waals surface area contributed by atoms with Gasteiger partial charge >= 0.3 is 0 Å². The van der Waals surface area contributed by atoms with E-state index in [0.717, 1.165) is 28.8 Å². The Morgan fingerprint density at radius 2 is 1.73 bits per heavy atom. The zero-order valence-corrected chi connectivity index (χ0v) is 18.4. The molecular formula is C23H29N3O3S. The number of sulfonamides is 1. The predicted octanol–water partition coefficient (Wildman–Crippen LogP) is 3.11. The molecule has 1 heterocycles. The van der Waals surface area contributed by atoms with Crippen molar-refractivity contribution in [1.82, 2.24) is 9.21 Å². The fraction of sp³-hybridized carbons (Fsp3) is 0.348. The van der Waals surface area contributed by atoms with Crippen molar-refractivity contribution in [3.8, 4) is 0 Å². The molecule has 0 atom stereocenters. The fourth-order valence-electron chi connectivity index (χ4n) is 3.54. The van der Waals surface area contributed by atoms with Crippen LogP contribution in [0.15, 0.2) is 53.9 Å². The van der Waals surface area contributed by atoms with E-state index in [-0.39, 0.29) is 12.5 Å². The van der Waals surface area contributed by atoms with Gasteiger partial charge in [0, 0.05) is 37.3 Å². The van der Waals surface area contributed by atoms with Gasteiger partial charge < -0.3 is 5.32 Å². The number of anilines is 1. The molecular weight excluding hydrogens is 398 g/mol. The first-order valence-corrected chi connectivity index (χ1v) is 11.7. The Labute approximate surface area is 179 Å². The summed E-state index contributed by atoms with van der Waals surface area (Å²) in [6, 6.07) is 15.4. The Hall–Kier alpha value is -2.48. The molecule has 0 spiro atoms. The van der Waals surface area contributed by atoms with Crippen LogP contribution in [0.2, 0.25) is 0 Å². The lowest BCUT2D eigenvalue weighted by Gasteiger charge is -2.32. The maximum atomic E-state index is 12.6.